The third-order valence-corrected chi connectivity index (χ3v) is 3.07. The molecule has 1 heteroatoms. The third-order valence-electron chi connectivity index (χ3n) is 3.07. The van der Waals surface area contributed by atoms with Gasteiger partial charge in [-0.15, -0.1) is 12.3 Å². The Balaban J connectivity index is 2.39. The predicted molar refractivity (Wildman–Crippen MR) is 52.8 cm³/mol. The summed E-state index contributed by atoms with van der Waals surface area (Å²) in [6.45, 7) is 5.57. The Morgan fingerprint density at radius 2 is 2.25 bits per heavy atom. The van der Waals surface area contributed by atoms with Crippen LogP contribution < -0.4 is 5.32 Å². The van der Waals surface area contributed by atoms with Crippen molar-refractivity contribution < 1.29 is 0 Å². The largest absolute Gasteiger partial charge is 0.314 e. The molecule has 1 N–H and O–H groups in total. The lowest BCUT2D eigenvalue weighted by molar-refractivity contribution is 0.361. The molecule has 0 aromatic carbocycles. The summed E-state index contributed by atoms with van der Waals surface area (Å²) in [6.07, 6.45) is 8.90. The molecule has 0 aromatic rings. The molecule has 0 spiro atoms. The normalized spacial score (nSPS) is 34.9. The lowest BCUT2D eigenvalue weighted by Crippen LogP contribution is -2.32. The molecule has 1 nitrogen and oxygen atoms in total. The molecule has 3 unspecified atom stereocenters. The van der Waals surface area contributed by atoms with Gasteiger partial charge in [-0.05, 0) is 31.2 Å². The summed E-state index contributed by atoms with van der Waals surface area (Å²) in [5.41, 5.74) is 0. The van der Waals surface area contributed by atoms with Crippen LogP contribution in [-0.2, 0) is 0 Å². The lowest BCUT2D eigenvalue weighted by atomic mass is 9.93. The van der Waals surface area contributed by atoms with Gasteiger partial charge in [0.05, 0.1) is 0 Å². The Hall–Kier alpha value is -0.480. The number of rotatable bonds is 3. The van der Waals surface area contributed by atoms with E-state index in [1.165, 1.54) is 12.8 Å². The van der Waals surface area contributed by atoms with Gasteiger partial charge in [-0.2, -0.15) is 0 Å². The zero-order chi connectivity index (χ0) is 8.97. The Morgan fingerprint density at radius 3 is 2.83 bits per heavy atom. The summed E-state index contributed by atoms with van der Waals surface area (Å²) >= 11 is 0. The van der Waals surface area contributed by atoms with Crippen LogP contribution in [0.15, 0.2) is 0 Å². The highest BCUT2D eigenvalue weighted by Gasteiger charge is 2.31. The molecule has 0 heterocycles. The molecule has 1 aliphatic carbocycles. The third kappa shape index (κ3) is 2.01. The van der Waals surface area contributed by atoms with Crippen molar-refractivity contribution in [3.8, 4) is 12.3 Å². The van der Waals surface area contributed by atoms with Crippen LogP contribution in [0, 0.1) is 24.2 Å². The van der Waals surface area contributed by atoms with E-state index in [0.29, 0.717) is 6.04 Å². The fraction of sp³-hybridized carbons (Fsp3) is 0.818. The van der Waals surface area contributed by atoms with Gasteiger partial charge in [-0.25, -0.2) is 0 Å². The van der Waals surface area contributed by atoms with Crippen LogP contribution in [-0.4, -0.2) is 12.6 Å². The van der Waals surface area contributed by atoms with Crippen molar-refractivity contribution in [2.24, 2.45) is 11.8 Å². The highest BCUT2D eigenvalue weighted by atomic mass is 14.9. The van der Waals surface area contributed by atoms with Crippen LogP contribution in [0.25, 0.3) is 0 Å². The SMILES string of the molecule is C#CCC1CCC(NCC)C1C. The van der Waals surface area contributed by atoms with Crippen LogP contribution in [0.5, 0.6) is 0 Å². The molecule has 1 rings (SSSR count). The first kappa shape index (κ1) is 9.61. The van der Waals surface area contributed by atoms with Crippen LogP contribution in [0.2, 0.25) is 0 Å². The van der Waals surface area contributed by atoms with E-state index in [4.69, 9.17) is 6.42 Å². The van der Waals surface area contributed by atoms with Crippen molar-refractivity contribution >= 4 is 0 Å². The molecule has 68 valence electrons. The molecule has 1 fully saturated rings. The number of terminal acetylenes is 1. The van der Waals surface area contributed by atoms with Crippen molar-refractivity contribution in [3.63, 3.8) is 0 Å². The highest BCUT2D eigenvalue weighted by Crippen LogP contribution is 2.33. The lowest BCUT2D eigenvalue weighted by Gasteiger charge is -2.19. The summed E-state index contributed by atoms with van der Waals surface area (Å²) in [5, 5.41) is 3.51. The van der Waals surface area contributed by atoms with Crippen LogP contribution >= 0.6 is 0 Å². The topological polar surface area (TPSA) is 12.0 Å². The smallest absolute Gasteiger partial charge is 0.0118 e. The van der Waals surface area contributed by atoms with Crippen molar-refractivity contribution in [2.75, 3.05) is 6.54 Å². The van der Waals surface area contributed by atoms with Crippen LogP contribution in [0.1, 0.15) is 33.1 Å². The van der Waals surface area contributed by atoms with Crippen molar-refractivity contribution in [3.05, 3.63) is 0 Å². The molecule has 0 saturated heterocycles. The Kier molecular flexibility index (Phi) is 3.62. The first-order valence-electron chi connectivity index (χ1n) is 4.96. The number of nitrogens with one attached hydrogen (secondary N) is 1. The summed E-state index contributed by atoms with van der Waals surface area (Å²) in [4.78, 5) is 0. The van der Waals surface area contributed by atoms with Crippen molar-refractivity contribution in [1.82, 2.24) is 5.32 Å². The number of hydrogen-bond acceptors (Lipinski definition) is 1. The first-order chi connectivity index (χ1) is 5.79. The van der Waals surface area contributed by atoms with Crippen LogP contribution in [0.3, 0.4) is 0 Å². The van der Waals surface area contributed by atoms with Crippen LogP contribution in [0.4, 0.5) is 0 Å². The highest BCUT2D eigenvalue weighted by molar-refractivity contribution is 4.94. The molecule has 0 aliphatic heterocycles. The zero-order valence-electron chi connectivity index (χ0n) is 8.14. The van der Waals surface area contributed by atoms with Gasteiger partial charge < -0.3 is 5.32 Å². The quantitative estimate of drug-likeness (QED) is 0.631. The van der Waals surface area contributed by atoms with Gasteiger partial charge in [0.1, 0.15) is 0 Å². The van der Waals surface area contributed by atoms with E-state index < -0.39 is 0 Å². The van der Waals surface area contributed by atoms with Gasteiger partial charge in [-0.3, -0.25) is 0 Å². The molecule has 1 aliphatic rings. The second-order valence-electron chi connectivity index (χ2n) is 3.77. The van der Waals surface area contributed by atoms with Gasteiger partial charge >= 0.3 is 0 Å². The Labute approximate surface area is 75.9 Å². The van der Waals surface area contributed by atoms with E-state index in [1.54, 1.807) is 0 Å². The van der Waals surface area contributed by atoms with E-state index in [2.05, 4.69) is 25.1 Å². The maximum atomic E-state index is 5.32. The van der Waals surface area contributed by atoms with E-state index >= 15 is 0 Å². The van der Waals surface area contributed by atoms with Crippen molar-refractivity contribution in [2.45, 2.75) is 39.2 Å². The first-order valence-corrected chi connectivity index (χ1v) is 4.96. The molecule has 0 radical (unpaired) electrons. The average Bonchev–Trinajstić information content (AvgIpc) is 2.38. The van der Waals surface area contributed by atoms with Crippen molar-refractivity contribution in [1.29, 1.82) is 0 Å². The maximum Gasteiger partial charge on any atom is 0.0118 e. The minimum Gasteiger partial charge on any atom is -0.314 e. The molecule has 0 bridgehead atoms. The number of hydrogen-bond donors (Lipinski definition) is 1. The second-order valence-corrected chi connectivity index (χ2v) is 3.77. The molecule has 0 aromatic heterocycles. The van der Waals surface area contributed by atoms with E-state index in [9.17, 15) is 0 Å². The molecule has 0 amide bonds. The molecule has 12 heavy (non-hydrogen) atoms. The van der Waals surface area contributed by atoms with Gasteiger partial charge in [-0.1, -0.05) is 13.8 Å². The molecule has 3 atom stereocenters. The Morgan fingerprint density at radius 1 is 1.50 bits per heavy atom. The summed E-state index contributed by atoms with van der Waals surface area (Å²) in [6, 6.07) is 0.716. The van der Waals surface area contributed by atoms with E-state index in [0.717, 1.165) is 24.8 Å². The average molecular weight is 165 g/mol. The monoisotopic (exact) mass is 165 g/mol. The van der Waals surface area contributed by atoms with Gasteiger partial charge in [0, 0.05) is 12.5 Å². The predicted octanol–water partition coefficient (Wildman–Crippen LogP) is 2.03. The Bertz CT molecular complexity index is 168. The van der Waals surface area contributed by atoms with Gasteiger partial charge in [0.15, 0.2) is 0 Å². The second kappa shape index (κ2) is 4.52. The van der Waals surface area contributed by atoms with Gasteiger partial charge in [0.25, 0.3) is 0 Å². The minimum absolute atomic E-state index is 0.716. The van der Waals surface area contributed by atoms with E-state index in [-0.39, 0.29) is 0 Å². The van der Waals surface area contributed by atoms with Gasteiger partial charge in [0.2, 0.25) is 0 Å². The standard InChI is InChI=1S/C11H19N/c1-4-6-10-7-8-11(9(10)3)12-5-2/h1,9-12H,5-8H2,2-3H3. The molecular weight excluding hydrogens is 146 g/mol. The summed E-state index contributed by atoms with van der Waals surface area (Å²) in [7, 11) is 0. The maximum absolute atomic E-state index is 5.32. The molecular formula is C11H19N. The van der Waals surface area contributed by atoms with E-state index in [1.807, 2.05) is 0 Å². The fourth-order valence-corrected chi connectivity index (χ4v) is 2.24. The minimum atomic E-state index is 0.716. The molecule has 1 saturated carbocycles. The summed E-state index contributed by atoms with van der Waals surface area (Å²) in [5.74, 6) is 4.30. The summed E-state index contributed by atoms with van der Waals surface area (Å²) < 4.78 is 0. The zero-order valence-corrected chi connectivity index (χ0v) is 8.14. The fourth-order valence-electron chi connectivity index (χ4n) is 2.24.